The van der Waals surface area contributed by atoms with Gasteiger partial charge in [0.15, 0.2) is 11.7 Å². The summed E-state index contributed by atoms with van der Waals surface area (Å²) in [6.45, 7) is 5.10. The van der Waals surface area contributed by atoms with E-state index >= 15 is 0 Å². The van der Waals surface area contributed by atoms with Gasteiger partial charge in [-0.3, -0.25) is 9.48 Å². The smallest absolute Gasteiger partial charge is 0.220 e. The van der Waals surface area contributed by atoms with Crippen LogP contribution in [0.5, 0.6) is 0 Å². The summed E-state index contributed by atoms with van der Waals surface area (Å²) < 4.78 is 20.7. The van der Waals surface area contributed by atoms with Gasteiger partial charge in [0.25, 0.3) is 0 Å². The van der Waals surface area contributed by atoms with Crippen LogP contribution in [0.25, 0.3) is 11.3 Å². The van der Waals surface area contributed by atoms with E-state index in [-0.39, 0.29) is 18.1 Å². The third-order valence-corrected chi connectivity index (χ3v) is 5.42. The van der Waals surface area contributed by atoms with Gasteiger partial charge in [-0.15, -0.1) is 0 Å². The highest BCUT2D eigenvalue weighted by molar-refractivity contribution is 5.76. The summed E-state index contributed by atoms with van der Waals surface area (Å²) in [4.78, 5) is 16.6. The van der Waals surface area contributed by atoms with Gasteiger partial charge in [0.1, 0.15) is 5.82 Å². The Balaban J connectivity index is 1.30. The quantitative estimate of drug-likeness (QED) is 0.442. The molecule has 32 heavy (non-hydrogen) atoms. The summed E-state index contributed by atoms with van der Waals surface area (Å²) in [5, 5.41) is 7.60. The molecule has 0 radical (unpaired) electrons. The molecule has 2 heterocycles. The van der Waals surface area contributed by atoms with E-state index in [4.69, 9.17) is 4.42 Å². The molecule has 0 atom stereocenters. The van der Waals surface area contributed by atoms with Gasteiger partial charge in [-0.25, -0.2) is 9.37 Å². The standard InChI is InChI=1S/C25H25FN4O2/c1-17-22(18(2)30(29-17)16-19-6-4-3-5-7-19)14-27-24(31)12-13-25-28-15-23(32-25)20-8-10-21(26)11-9-20/h3-11,15H,12-14,16H2,1-2H3,(H,27,31). The van der Waals surface area contributed by atoms with Gasteiger partial charge in [-0.2, -0.15) is 5.10 Å². The van der Waals surface area contributed by atoms with Gasteiger partial charge in [0.05, 0.1) is 18.4 Å². The highest BCUT2D eigenvalue weighted by atomic mass is 19.1. The highest BCUT2D eigenvalue weighted by Crippen LogP contribution is 2.21. The van der Waals surface area contributed by atoms with Crippen LogP contribution in [-0.2, 0) is 24.3 Å². The van der Waals surface area contributed by atoms with Crippen molar-refractivity contribution < 1.29 is 13.6 Å². The van der Waals surface area contributed by atoms with Gasteiger partial charge >= 0.3 is 0 Å². The number of halogens is 1. The monoisotopic (exact) mass is 432 g/mol. The molecule has 2 aromatic heterocycles. The molecule has 7 heteroatoms. The number of aromatic nitrogens is 3. The topological polar surface area (TPSA) is 73.0 Å². The first kappa shape index (κ1) is 21.5. The molecule has 4 aromatic rings. The van der Waals surface area contributed by atoms with Crippen LogP contribution in [0.2, 0.25) is 0 Å². The zero-order chi connectivity index (χ0) is 22.5. The number of hydrogen-bond donors (Lipinski definition) is 1. The molecular weight excluding hydrogens is 407 g/mol. The maximum atomic E-state index is 13.1. The number of carbonyl (C=O) groups excluding carboxylic acids is 1. The molecule has 4 rings (SSSR count). The van der Waals surface area contributed by atoms with Gasteiger partial charge in [0.2, 0.25) is 5.91 Å². The number of nitrogens with one attached hydrogen (secondary N) is 1. The fourth-order valence-corrected chi connectivity index (χ4v) is 3.57. The first-order valence-corrected chi connectivity index (χ1v) is 10.5. The average Bonchev–Trinajstić information content (AvgIpc) is 3.37. The maximum Gasteiger partial charge on any atom is 0.220 e. The van der Waals surface area contributed by atoms with Crippen molar-refractivity contribution in [3.05, 3.63) is 95.0 Å². The van der Waals surface area contributed by atoms with E-state index in [2.05, 4.69) is 27.5 Å². The molecule has 1 amide bonds. The van der Waals surface area contributed by atoms with Crippen molar-refractivity contribution in [3.63, 3.8) is 0 Å². The molecule has 0 saturated carbocycles. The molecule has 0 saturated heterocycles. The number of aryl methyl sites for hydroxylation is 2. The van der Waals surface area contributed by atoms with Crippen LogP contribution in [0.4, 0.5) is 4.39 Å². The summed E-state index contributed by atoms with van der Waals surface area (Å²) in [5.74, 6) is 0.641. The second-order valence-corrected chi connectivity index (χ2v) is 7.69. The molecule has 0 fully saturated rings. The number of rotatable bonds is 8. The minimum atomic E-state index is -0.304. The second-order valence-electron chi connectivity index (χ2n) is 7.69. The van der Waals surface area contributed by atoms with Crippen molar-refractivity contribution >= 4 is 5.91 Å². The van der Waals surface area contributed by atoms with E-state index in [1.54, 1.807) is 18.3 Å². The lowest BCUT2D eigenvalue weighted by Crippen LogP contribution is -2.23. The van der Waals surface area contributed by atoms with Crippen LogP contribution in [0.15, 0.2) is 65.2 Å². The summed E-state index contributed by atoms with van der Waals surface area (Å²) in [7, 11) is 0. The Bertz CT molecular complexity index is 1200. The van der Waals surface area contributed by atoms with Crippen LogP contribution >= 0.6 is 0 Å². The molecule has 0 spiro atoms. The third kappa shape index (κ3) is 5.11. The summed E-state index contributed by atoms with van der Waals surface area (Å²) in [6.07, 6.45) is 2.24. The molecule has 1 N–H and O–H groups in total. The van der Waals surface area contributed by atoms with E-state index in [1.165, 1.54) is 17.7 Å². The number of oxazole rings is 1. The Kier molecular flexibility index (Phi) is 6.44. The zero-order valence-electron chi connectivity index (χ0n) is 18.1. The molecule has 6 nitrogen and oxygen atoms in total. The van der Waals surface area contributed by atoms with Crippen LogP contribution in [-0.4, -0.2) is 20.7 Å². The lowest BCUT2D eigenvalue weighted by atomic mass is 10.2. The molecule has 2 aromatic carbocycles. The number of hydrogen-bond acceptors (Lipinski definition) is 4. The van der Waals surface area contributed by atoms with Crippen LogP contribution in [0.1, 0.15) is 34.8 Å². The lowest BCUT2D eigenvalue weighted by Gasteiger charge is -2.07. The fraction of sp³-hybridized carbons (Fsp3) is 0.240. The molecule has 0 aliphatic carbocycles. The van der Waals surface area contributed by atoms with Gasteiger partial charge < -0.3 is 9.73 Å². The van der Waals surface area contributed by atoms with Crippen molar-refractivity contribution in [2.45, 2.75) is 39.8 Å². The number of carbonyl (C=O) groups is 1. The largest absolute Gasteiger partial charge is 0.441 e. The Morgan fingerprint density at radius 3 is 2.59 bits per heavy atom. The number of benzene rings is 2. The number of amides is 1. The highest BCUT2D eigenvalue weighted by Gasteiger charge is 2.14. The summed E-state index contributed by atoms with van der Waals surface area (Å²) in [6, 6.07) is 16.2. The minimum Gasteiger partial charge on any atom is -0.441 e. The Labute approximate surface area is 186 Å². The average molecular weight is 432 g/mol. The second kappa shape index (κ2) is 9.60. The third-order valence-electron chi connectivity index (χ3n) is 5.42. The lowest BCUT2D eigenvalue weighted by molar-refractivity contribution is -0.121. The molecule has 0 bridgehead atoms. The van der Waals surface area contributed by atoms with Crippen molar-refractivity contribution in [2.75, 3.05) is 0 Å². The predicted molar refractivity (Wildman–Crippen MR) is 119 cm³/mol. The first-order chi connectivity index (χ1) is 15.5. The molecule has 0 aliphatic rings. The SMILES string of the molecule is Cc1nn(Cc2ccccc2)c(C)c1CNC(=O)CCc1ncc(-c2ccc(F)cc2)o1. The Morgan fingerprint density at radius 2 is 1.84 bits per heavy atom. The van der Waals surface area contributed by atoms with Crippen molar-refractivity contribution in [1.82, 2.24) is 20.1 Å². The normalized spacial score (nSPS) is 11.0. The number of nitrogens with zero attached hydrogens (tertiary/aromatic N) is 3. The van der Waals surface area contributed by atoms with Crippen molar-refractivity contribution in [2.24, 2.45) is 0 Å². The predicted octanol–water partition coefficient (Wildman–Crippen LogP) is 4.59. The first-order valence-electron chi connectivity index (χ1n) is 10.5. The van der Waals surface area contributed by atoms with E-state index in [9.17, 15) is 9.18 Å². The van der Waals surface area contributed by atoms with Crippen molar-refractivity contribution in [3.8, 4) is 11.3 Å². The van der Waals surface area contributed by atoms with Crippen LogP contribution < -0.4 is 5.32 Å². The molecule has 0 aliphatic heterocycles. The minimum absolute atomic E-state index is 0.0823. The Hall–Kier alpha value is -3.74. The van der Waals surface area contributed by atoms with Gasteiger partial charge in [-0.05, 0) is 43.7 Å². The maximum absolute atomic E-state index is 13.1. The molecule has 164 valence electrons. The van der Waals surface area contributed by atoms with E-state index in [1.807, 2.05) is 36.7 Å². The van der Waals surface area contributed by atoms with Gasteiger partial charge in [-0.1, -0.05) is 30.3 Å². The van der Waals surface area contributed by atoms with Gasteiger partial charge in [0, 0.05) is 36.2 Å². The van der Waals surface area contributed by atoms with E-state index in [0.717, 1.165) is 22.5 Å². The van der Waals surface area contributed by atoms with E-state index < -0.39 is 0 Å². The fourth-order valence-electron chi connectivity index (χ4n) is 3.57. The van der Waals surface area contributed by atoms with Crippen LogP contribution in [0, 0.1) is 19.7 Å². The van der Waals surface area contributed by atoms with Crippen molar-refractivity contribution in [1.29, 1.82) is 0 Å². The Morgan fingerprint density at radius 1 is 1.09 bits per heavy atom. The molecule has 0 unspecified atom stereocenters. The molecular formula is C25H25FN4O2. The summed E-state index contributed by atoms with van der Waals surface area (Å²) >= 11 is 0. The van der Waals surface area contributed by atoms with E-state index in [0.29, 0.717) is 31.2 Å². The summed E-state index contributed by atoms with van der Waals surface area (Å²) in [5.41, 5.74) is 4.91. The van der Waals surface area contributed by atoms with Crippen LogP contribution in [0.3, 0.4) is 0 Å². The zero-order valence-corrected chi connectivity index (χ0v) is 18.1.